The molecular formula is C23H32N2O4S. The van der Waals surface area contributed by atoms with Gasteiger partial charge in [-0.25, -0.2) is 13.1 Å². The number of hydrogen-bond donors (Lipinski definition) is 2. The zero-order valence-corrected chi connectivity index (χ0v) is 19.2. The molecule has 30 heavy (non-hydrogen) atoms. The van der Waals surface area contributed by atoms with Crippen LogP contribution in [-0.4, -0.2) is 34.1 Å². The minimum atomic E-state index is -3.63. The lowest BCUT2D eigenvalue weighted by atomic mass is 9.86. The Morgan fingerprint density at radius 2 is 1.63 bits per heavy atom. The van der Waals surface area contributed by atoms with Gasteiger partial charge in [-0.05, 0) is 54.2 Å². The van der Waals surface area contributed by atoms with Crippen LogP contribution in [0.15, 0.2) is 53.4 Å². The van der Waals surface area contributed by atoms with E-state index in [1.807, 2.05) is 0 Å². The third-order valence-corrected chi connectivity index (χ3v) is 6.29. The standard InChI is InChI=1S/C23H32N2O4S/c1-17(16-29-5)25-30(27,28)21-13-11-20(12-14-21)24-22(26)15-8-18-6-9-19(10-7-18)23(2,3)4/h6-7,9-14,17,25H,8,15-16H2,1-5H3,(H,24,26). The van der Waals surface area contributed by atoms with Crippen molar-refractivity contribution in [2.75, 3.05) is 19.0 Å². The average molecular weight is 433 g/mol. The molecule has 2 rings (SSSR count). The number of benzene rings is 2. The van der Waals surface area contributed by atoms with Crippen molar-refractivity contribution < 1.29 is 17.9 Å². The van der Waals surface area contributed by atoms with Crippen LogP contribution in [0.25, 0.3) is 0 Å². The second kappa shape index (κ2) is 10.2. The summed E-state index contributed by atoms with van der Waals surface area (Å²) in [6, 6.07) is 14.1. The van der Waals surface area contributed by atoms with Gasteiger partial charge < -0.3 is 10.1 Å². The van der Waals surface area contributed by atoms with Crippen LogP contribution in [0.2, 0.25) is 0 Å². The zero-order chi connectivity index (χ0) is 22.4. The van der Waals surface area contributed by atoms with E-state index >= 15 is 0 Å². The lowest BCUT2D eigenvalue weighted by Gasteiger charge is -2.19. The number of anilines is 1. The van der Waals surface area contributed by atoms with Crippen LogP contribution in [0, 0.1) is 0 Å². The molecule has 0 aliphatic heterocycles. The first-order valence-electron chi connectivity index (χ1n) is 10.0. The van der Waals surface area contributed by atoms with Gasteiger partial charge in [0.2, 0.25) is 15.9 Å². The Kier molecular flexibility index (Phi) is 8.18. The Hall–Kier alpha value is -2.22. The molecule has 1 amide bonds. The summed E-state index contributed by atoms with van der Waals surface area (Å²) in [7, 11) is -2.11. The van der Waals surface area contributed by atoms with Crippen LogP contribution in [0.4, 0.5) is 5.69 Å². The van der Waals surface area contributed by atoms with E-state index in [1.165, 1.54) is 24.8 Å². The summed E-state index contributed by atoms with van der Waals surface area (Å²) in [4.78, 5) is 12.4. The molecule has 0 aromatic heterocycles. The van der Waals surface area contributed by atoms with Crippen molar-refractivity contribution >= 4 is 21.6 Å². The van der Waals surface area contributed by atoms with Crippen LogP contribution in [0.1, 0.15) is 45.2 Å². The Morgan fingerprint density at radius 1 is 1.03 bits per heavy atom. The van der Waals surface area contributed by atoms with Gasteiger partial charge in [0.15, 0.2) is 0 Å². The molecule has 0 fully saturated rings. The molecule has 2 N–H and O–H groups in total. The first-order valence-corrected chi connectivity index (χ1v) is 11.5. The second-order valence-corrected chi connectivity index (χ2v) is 10.2. The smallest absolute Gasteiger partial charge is 0.240 e. The highest BCUT2D eigenvalue weighted by atomic mass is 32.2. The number of sulfonamides is 1. The van der Waals surface area contributed by atoms with Crippen molar-refractivity contribution in [2.45, 2.75) is 56.9 Å². The largest absolute Gasteiger partial charge is 0.383 e. The van der Waals surface area contributed by atoms with Gasteiger partial charge in [0.05, 0.1) is 11.5 Å². The SMILES string of the molecule is COCC(C)NS(=O)(=O)c1ccc(NC(=O)CCc2ccc(C(C)(C)C)cc2)cc1. The molecule has 0 aliphatic rings. The maximum atomic E-state index is 12.3. The summed E-state index contributed by atoms with van der Waals surface area (Å²) in [5, 5.41) is 2.81. The molecule has 2 aromatic carbocycles. The van der Waals surface area contributed by atoms with Crippen LogP contribution >= 0.6 is 0 Å². The molecule has 0 bridgehead atoms. The fourth-order valence-corrected chi connectivity index (χ4v) is 4.22. The summed E-state index contributed by atoms with van der Waals surface area (Å²) >= 11 is 0. The van der Waals surface area contributed by atoms with Crippen molar-refractivity contribution in [3.8, 4) is 0 Å². The van der Waals surface area contributed by atoms with Gasteiger partial charge in [-0.2, -0.15) is 0 Å². The molecule has 0 heterocycles. The van der Waals surface area contributed by atoms with Gasteiger partial charge in [-0.1, -0.05) is 45.0 Å². The molecule has 1 atom stereocenters. The molecule has 0 saturated heterocycles. The second-order valence-electron chi connectivity index (χ2n) is 8.50. The molecule has 2 aromatic rings. The number of aryl methyl sites for hydroxylation is 1. The summed E-state index contributed by atoms with van der Waals surface area (Å²) in [6.07, 6.45) is 0.995. The highest BCUT2D eigenvalue weighted by Gasteiger charge is 2.17. The van der Waals surface area contributed by atoms with E-state index in [-0.39, 0.29) is 28.9 Å². The quantitative estimate of drug-likeness (QED) is 0.630. The first-order chi connectivity index (χ1) is 14.0. The minimum Gasteiger partial charge on any atom is -0.383 e. The average Bonchev–Trinajstić information content (AvgIpc) is 2.66. The topological polar surface area (TPSA) is 84.5 Å². The van der Waals surface area contributed by atoms with Crippen molar-refractivity contribution in [2.24, 2.45) is 0 Å². The van der Waals surface area contributed by atoms with Crippen LogP contribution in [-0.2, 0) is 31.4 Å². The lowest BCUT2D eigenvalue weighted by molar-refractivity contribution is -0.116. The van der Waals surface area contributed by atoms with Gasteiger partial charge in [-0.3, -0.25) is 4.79 Å². The van der Waals surface area contributed by atoms with E-state index in [1.54, 1.807) is 19.1 Å². The van der Waals surface area contributed by atoms with E-state index in [0.717, 1.165) is 5.56 Å². The number of nitrogens with one attached hydrogen (secondary N) is 2. The molecule has 0 aliphatic carbocycles. The van der Waals surface area contributed by atoms with Crippen molar-refractivity contribution in [3.63, 3.8) is 0 Å². The van der Waals surface area contributed by atoms with E-state index < -0.39 is 10.0 Å². The Bertz CT molecular complexity index is 931. The molecule has 6 nitrogen and oxygen atoms in total. The van der Waals surface area contributed by atoms with Crippen LogP contribution in [0.3, 0.4) is 0 Å². The number of methoxy groups -OCH3 is 1. The number of amides is 1. The van der Waals surface area contributed by atoms with Crippen molar-refractivity contribution in [1.29, 1.82) is 0 Å². The monoisotopic (exact) mass is 432 g/mol. The fourth-order valence-electron chi connectivity index (χ4n) is 2.99. The highest BCUT2D eigenvalue weighted by Crippen LogP contribution is 2.22. The van der Waals surface area contributed by atoms with E-state index in [4.69, 9.17) is 4.74 Å². The minimum absolute atomic E-state index is 0.104. The molecular weight excluding hydrogens is 400 g/mol. The zero-order valence-electron chi connectivity index (χ0n) is 18.4. The van der Waals surface area contributed by atoms with Gasteiger partial charge in [-0.15, -0.1) is 0 Å². The molecule has 1 unspecified atom stereocenters. The number of rotatable bonds is 9. The summed E-state index contributed by atoms with van der Waals surface area (Å²) < 4.78 is 32.2. The molecule has 7 heteroatoms. The third kappa shape index (κ3) is 7.23. The number of hydrogen-bond acceptors (Lipinski definition) is 4. The van der Waals surface area contributed by atoms with Gasteiger partial charge in [0.25, 0.3) is 0 Å². The maximum absolute atomic E-state index is 12.3. The Balaban J connectivity index is 1.90. The number of carbonyl (C=O) groups excluding carboxylic acids is 1. The molecule has 164 valence electrons. The lowest BCUT2D eigenvalue weighted by Crippen LogP contribution is -2.35. The van der Waals surface area contributed by atoms with E-state index in [0.29, 0.717) is 18.5 Å². The highest BCUT2D eigenvalue weighted by molar-refractivity contribution is 7.89. The van der Waals surface area contributed by atoms with Gasteiger partial charge >= 0.3 is 0 Å². The van der Waals surface area contributed by atoms with Crippen LogP contribution < -0.4 is 10.0 Å². The molecule has 0 radical (unpaired) electrons. The molecule has 0 spiro atoms. The van der Waals surface area contributed by atoms with Crippen molar-refractivity contribution in [1.82, 2.24) is 4.72 Å². The Labute approximate surface area is 180 Å². The maximum Gasteiger partial charge on any atom is 0.240 e. The van der Waals surface area contributed by atoms with Crippen molar-refractivity contribution in [3.05, 3.63) is 59.7 Å². The van der Waals surface area contributed by atoms with Crippen LogP contribution in [0.5, 0.6) is 0 Å². The summed E-state index contributed by atoms with van der Waals surface area (Å²) in [6.45, 7) is 8.52. The normalized spacial score (nSPS) is 13.1. The van der Waals surface area contributed by atoms with Gasteiger partial charge in [0.1, 0.15) is 0 Å². The summed E-state index contributed by atoms with van der Waals surface area (Å²) in [5.74, 6) is -0.114. The summed E-state index contributed by atoms with van der Waals surface area (Å²) in [5.41, 5.74) is 3.03. The number of carbonyl (C=O) groups is 1. The van der Waals surface area contributed by atoms with E-state index in [2.05, 4.69) is 55.1 Å². The molecule has 0 saturated carbocycles. The first kappa shape index (κ1) is 24.1. The third-order valence-electron chi connectivity index (χ3n) is 4.68. The Morgan fingerprint density at radius 3 is 2.17 bits per heavy atom. The predicted octanol–water partition coefficient (Wildman–Crippen LogP) is 3.87. The fraction of sp³-hybridized carbons (Fsp3) is 0.435. The predicted molar refractivity (Wildman–Crippen MR) is 120 cm³/mol. The van der Waals surface area contributed by atoms with Gasteiger partial charge in [0, 0.05) is 25.3 Å². The van der Waals surface area contributed by atoms with E-state index in [9.17, 15) is 13.2 Å². The number of ether oxygens (including phenoxy) is 1.